The largest absolute Gasteiger partial charge is 0.497 e. The van der Waals surface area contributed by atoms with E-state index < -0.39 is 0 Å². The van der Waals surface area contributed by atoms with E-state index in [2.05, 4.69) is 9.97 Å². The van der Waals surface area contributed by atoms with Crippen LogP contribution < -0.4 is 9.47 Å². The molecule has 33 heavy (non-hydrogen) atoms. The molecule has 2 aromatic heterocycles. The zero-order valence-corrected chi connectivity index (χ0v) is 20.0. The van der Waals surface area contributed by atoms with Gasteiger partial charge in [-0.25, -0.2) is 4.98 Å². The second kappa shape index (κ2) is 9.84. The molecule has 1 aliphatic heterocycles. The molecular formula is C24H27N3O5S. The number of piperidine rings is 1. The standard InChI is InChI=1S/C24H27N3O5S/c1-14-19-22(32-4)25-18(13-30-2)26-23(19)33-21(14)24(29)27-11-9-16(10-12-27)20(28)15-5-7-17(31-3)8-6-15/h5-8,16H,9-13H2,1-4H3. The van der Waals surface area contributed by atoms with E-state index in [1.54, 1.807) is 45.6 Å². The zero-order valence-electron chi connectivity index (χ0n) is 19.2. The van der Waals surface area contributed by atoms with Crippen molar-refractivity contribution in [3.63, 3.8) is 0 Å². The van der Waals surface area contributed by atoms with Crippen LogP contribution in [0.3, 0.4) is 0 Å². The van der Waals surface area contributed by atoms with Crippen molar-refractivity contribution < 1.29 is 23.8 Å². The number of rotatable bonds is 7. The molecule has 1 amide bonds. The molecule has 0 saturated carbocycles. The Hall–Kier alpha value is -3.04. The zero-order chi connectivity index (χ0) is 23.5. The van der Waals surface area contributed by atoms with Gasteiger partial charge in [-0.05, 0) is 49.6 Å². The van der Waals surface area contributed by atoms with Crippen LogP contribution in [0.15, 0.2) is 24.3 Å². The van der Waals surface area contributed by atoms with Crippen molar-refractivity contribution >= 4 is 33.2 Å². The molecule has 0 atom stereocenters. The summed E-state index contributed by atoms with van der Waals surface area (Å²) in [6.45, 7) is 3.24. The third-order valence-electron chi connectivity index (χ3n) is 5.99. The highest BCUT2D eigenvalue weighted by Crippen LogP contribution is 2.36. The Kier molecular flexibility index (Phi) is 6.90. The maximum Gasteiger partial charge on any atom is 0.264 e. The lowest BCUT2D eigenvalue weighted by Crippen LogP contribution is -2.40. The van der Waals surface area contributed by atoms with Gasteiger partial charge in [0.2, 0.25) is 5.88 Å². The number of ketones is 1. The predicted molar refractivity (Wildman–Crippen MR) is 125 cm³/mol. The number of ether oxygens (including phenoxy) is 3. The van der Waals surface area contributed by atoms with Crippen LogP contribution in [0.2, 0.25) is 0 Å². The molecule has 174 valence electrons. The summed E-state index contributed by atoms with van der Waals surface area (Å²) in [5.41, 5.74) is 1.50. The number of benzene rings is 1. The number of Topliss-reactive ketones (excluding diaryl/α,β-unsaturated/α-hetero) is 1. The fraction of sp³-hybridized carbons (Fsp3) is 0.417. The number of hydrogen-bond acceptors (Lipinski definition) is 8. The van der Waals surface area contributed by atoms with Gasteiger partial charge in [0, 0.05) is 31.7 Å². The monoisotopic (exact) mass is 469 g/mol. The number of aromatic nitrogens is 2. The molecule has 0 unspecified atom stereocenters. The molecule has 1 saturated heterocycles. The Morgan fingerprint density at radius 2 is 1.76 bits per heavy atom. The summed E-state index contributed by atoms with van der Waals surface area (Å²) >= 11 is 1.35. The number of fused-ring (bicyclic) bond motifs is 1. The van der Waals surface area contributed by atoms with E-state index >= 15 is 0 Å². The number of carbonyl (C=O) groups is 2. The Bertz CT molecular complexity index is 1170. The number of likely N-dealkylation sites (tertiary alicyclic amines) is 1. The van der Waals surface area contributed by atoms with E-state index in [1.165, 1.54) is 11.3 Å². The molecule has 0 radical (unpaired) electrons. The van der Waals surface area contributed by atoms with Crippen LogP contribution in [0.1, 0.15) is 44.3 Å². The van der Waals surface area contributed by atoms with Crippen LogP contribution in [0.25, 0.3) is 10.2 Å². The van der Waals surface area contributed by atoms with Crippen molar-refractivity contribution in [2.24, 2.45) is 5.92 Å². The van der Waals surface area contributed by atoms with E-state index in [1.807, 2.05) is 11.8 Å². The first-order valence-electron chi connectivity index (χ1n) is 10.8. The maximum atomic E-state index is 13.3. The summed E-state index contributed by atoms with van der Waals surface area (Å²) in [6, 6.07) is 7.19. The first-order chi connectivity index (χ1) is 16.0. The van der Waals surface area contributed by atoms with Gasteiger partial charge in [-0.15, -0.1) is 11.3 Å². The molecule has 3 heterocycles. The van der Waals surface area contributed by atoms with Gasteiger partial charge in [0.05, 0.1) is 24.5 Å². The lowest BCUT2D eigenvalue weighted by molar-refractivity contribution is 0.0653. The van der Waals surface area contributed by atoms with Crippen molar-refractivity contribution in [2.75, 3.05) is 34.4 Å². The smallest absolute Gasteiger partial charge is 0.264 e. The van der Waals surface area contributed by atoms with Crippen molar-refractivity contribution in [3.05, 3.63) is 46.1 Å². The van der Waals surface area contributed by atoms with E-state index in [-0.39, 0.29) is 24.2 Å². The van der Waals surface area contributed by atoms with Crippen LogP contribution >= 0.6 is 11.3 Å². The number of nitrogens with zero attached hydrogens (tertiary/aromatic N) is 3. The van der Waals surface area contributed by atoms with Crippen LogP contribution in [-0.2, 0) is 11.3 Å². The molecule has 1 fully saturated rings. The normalized spacial score (nSPS) is 14.5. The Balaban J connectivity index is 1.49. The van der Waals surface area contributed by atoms with Crippen LogP contribution in [0.5, 0.6) is 11.6 Å². The van der Waals surface area contributed by atoms with Crippen LogP contribution in [-0.4, -0.2) is 61.0 Å². The first kappa shape index (κ1) is 23.1. The molecule has 0 spiro atoms. The maximum absolute atomic E-state index is 13.3. The minimum absolute atomic E-state index is 0.0406. The summed E-state index contributed by atoms with van der Waals surface area (Å²) in [4.78, 5) is 38.3. The molecule has 0 aliphatic carbocycles. The second-order valence-corrected chi connectivity index (χ2v) is 8.98. The average Bonchev–Trinajstić information content (AvgIpc) is 3.19. The lowest BCUT2D eigenvalue weighted by atomic mass is 9.88. The first-order valence-corrected chi connectivity index (χ1v) is 11.6. The third-order valence-corrected chi connectivity index (χ3v) is 7.17. The average molecular weight is 470 g/mol. The van der Waals surface area contributed by atoms with Crippen molar-refractivity contribution in [1.29, 1.82) is 0 Å². The number of hydrogen-bond donors (Lipinski definition) is 0. The van der Waals surface area contributed by atoms with E-state index in [0.29, 0.717) is 52.9 Å². The number of thiophene rings is 1. The number of methoxy groups -OCH3 is 3. The molecular weight excluding hydrogens is 442 g/mol. The van der Waals surface area contributed by atoms with Gasteiger partial charge in [-0.2, -0.15) is 4.98 Å². The Morgan fingerprint density at radius 3 is 2.36 bits per heavy atom. The quantitative estimate of drug-likeness (QED) is 0.485. The molecule has 1 aliphatic rings. The highest BCUT2D eigenvalue weighted by molar-refractivity contribution is 7.20. The van der Waals surface area contributed by atoms with Gasteiger partial charge in [-0.3, -0.25) is 9.59 Å². The van der Waals surface area contributed by atoms with Crippen LogP contribution in [0.4, 0.5) is 0 Å². The van der Waals surface area contributed by atoms with Gasteiger partial charge >= 0.3 is 0 Å². The summed E-state index contributed by atoms with van der Waals surface area (Å²) in [7, 11) is 4.74. The summed E-state index contributed by atoms with van der Waals surface area (Å²) in [5.74, 6) is 1.67. The number of carbonyl (C=O) groups excluding carboxylic acids is 2. The van der Waals surface area contributed by atoms with E-state index in [4.69, 9.17) is 14.2 Å². The lowest BCUT2D eigenvalue weighted by Gasteiger charge is -2.31. The minimum atomic E-state index is -0.0893. The highest BCUT2D eigenvalue weighted by atomic mass is 32.1. The summed E-state index contributed by atoms with van der Waals surface area (Å²) in [6.07, 6.45) is 1.28. The van der Waals surface area contributed by atoms with Crippen LogP contribution in [0, 0.1) is 12.8 Å². The van der Waals surface area contributed by atoms with Gasteiger partial charge in [0.25, 0.3) is 5.91 Å². The third kappa shape index (κ3) is 4.56. The SMILES string of the molecule is COCc1nc(OC)c2c(C)c(C(=O)N3CCC(C(=O)c4ccc(OC)cc4)CC3)sc2n1. The van der Waals surface area contributed by atoms with Crippen molar-refractivity contribution in [2.45, 2.75) is 26.4 Å². The minimum Gasteiger partial charge on any atom is -0.497 e. The topological polar surface area (TPSA) is 90.9 Å². The van der Waals surface area contributed by atoms with E-state index in [9.17, 15) is 9.59 Å². The van der Waals surface area contributed by atoms with Crippen molar-refractivity contribution in [1.82, 2.24) is 14.9 Å². The molecule has 8 nitrogen and oxygen atoms in total. The summed E-state index contributed by atoms with van der Waals surface area (Å²) in [5, 5.41) is 0.760. The Labute approximate surface area is 196 Å². The molecule has 0 N–H and O–H groups in total. The number of aryl methyl sites for hydroxylation is 1. The van der Waals surface area contributed by atoms with Gasteiger partial charge in [-0.1, -0.05) is 0 Å². The van der Waals surface area contributed by atoms with E-state index in [0.717, 1.165) is 16.7 Å². The highest BCUT2D eigenvalue weighted by Gasteiger charge is 2.31. The van der Waals surface area contributed by atoms with Crippen molar-refractivity contribution in [3.8, 4) is 11.6 Å². The Morgan fingerprint density at radius 1 is 1.06 bits per heavy atom. The molecule has 1 aromatic carbocycles. The molecule has 3 aromatic rings. The fourth-order valence-electron chi connectivity index (χ4n) is 4.17. The molecule has 9 heteroatoms. The van der Waals surface area contributed by atoms with Gasteiger partial charge in [0.1, 0.15) is 17.2 Å². The van der Waals surface area contributed by atoms with Gasteiger partial charge in [0.15, 0.2) is 11.6 Å². The second-order valence-electron chi connectivity index (χ2n) is 7.98. The predicted octanol–water partition coefficient (Wildman–Crippen LogP) is 3.90. The fourth-order valence-corrected chi connectivity index (χ4v) is 5.33. The number of amides is 1. The molecule has 4 rings (SSSR count). The molecule has 0 bridgehead atoms. The summed E-state index contributed by atoms with van der Waals surface area (Å²) < 4.78 is 15.8. The van der Waals surface area contributed by atoms with Gasteiger partial charge < -0.3 is 19.1 Å².